The molecule has 1 amide bonds. The number of rotatable bonds is 8. The number of hydrogen-bond acceptors (Lipinski definition) is 6. The summed E-state index contributed by atoms with van der Waals surface area (Å²) >= 11 is 0. The van der Waals surface area contributed by atoms with Crippen molar-refractivity contribution in [2.45, 2.75) is 19.9 Å². The second-order valence-electron chi connectivity index (χ2n) is 7.75. The number of anilines is 1. The van der Waals surface area contributed by atoms with E-state index in [2.05, 4.69) is 15.4 Å². The minimum absolute atomic E-state index is 0.261. The maximum Gasteiger partial charge on any atom is 0.256 e. The van der Waals surface area contributed by atoms with Crippen LogP contribution < -0.4 is 10.1 Å². The van der Waals surface area contributed by atoms with Gasteiger partial charge in [0.1, 0.15) is 18.1 Å². The average Bonchev–Trinajstić information content (AvgIpc) is 3.53. The molecule has 0 aliphatic heterocycles. The Morgan fingerprint density at radius 1 is 1.12 bits per heavy atom. The minimum Gasteiger partial charge on any atom is -0.494 e. The number of benzene rings is 1. The second-order valence-corrected chi connectivity index (χ2v) is 7.75. The molecular weight excluding hydrogens is 430 g/mol. The van der Waals surface area contributed by atoms with Gasteiger partial charge in [0.05, 0.1) is 35.7 Å². The van der Waals surface area contributed by atoms with E-state index in [-0.39, 0.29) is 5.91 Å². The van der Waals surface area contributed by atoms with Crippen LogP contribution in [0.3, 0.4) is 0 Å². The SMILES string of the molecule is CCCOc1cccc(NC(=O)c2cc(-c3cccnc3)nc3c2cnn3Cc2ccco2)c1. The molecule has 4 aromatic heterocycles. The van der Waals surface area contributed by atoms with Crippen molar-refractivity contribution in [1.29, 1.82) is 0 Å². The van der Waals surface area contributed by atoms with Crippen molar-refractivity contribution in [2.24, 2.45) is 0 Å². The summed E-state index contributed by atoms with van der Waals surface area (Å²) in [6.07, 6.45) is 7.60. The first-order valence-electron chi connectivity index (χ1n) is 11.0. The van der Waals surface area contributed by atoms with Gasteiger partial charge in [-0.1, -0.05) is 13.0 Å². The van der Waals surface area contributed by atoms with Crippen LogP contribution in [-0.4, -0.2) is 32.3 Å². The monoisotopic (exact) mass is 453 g/mol. The molecule has 0 fully saturated rings. The minimum atomic E-state index is -0.261. The summed E-state index contributed by atoms with van der Waals surface area (Å²) in [5.74, 6) is 1.19. The van der Waals surface area contributed by atoms with E-state index in [4.69, 9.17) is 14.1 Å². The highest BCUT2D eigenvalue weighted by molar-refractivity contribution is 6.12. The number of aromatic nitrogens is 4. The Morgan fingerprint density at radius 3 is 2.85 bits per heavy atom. The molecule has 1 aromatic carbocycles. The molecule has 0 aliphatic rings. The Hall–Kier alpha value is -4.46. The fraction of sp³-hybridized carbons (Fsp3) is 0.154. The number of pyridine rings is 2. The Kier molecular flexibility index (Phi) is 6.03. The van der Waals surface area contributed by atoms with Crippen molar-refractivity contribution >= 4 is 22.6 Å². The molecule has 1 N–H and O–H groups in total. The summed E-state index contributed by atoms with van der Waals surface area (Å²) in [6, 6.07) is 16.6. The number of carbonyl (C=O) groups is 1. The van der Waals surface area contributed by atoms with Gasteiger partial charge < -0.3 is 14.5 Å². The zero-order valence-corrected chi connectivity index (χ0v) is 18.6. The first-order chi connectivity index (χ1) is 16.7. The Balaban J connectivity index is 1.54. The van der Waals surface area contributed by atoms with Crippen LogP contribution in [0.2, 0.25) is 0 Å². The summed E-state index contributed by atoms with van der Waals surface area (Å²) in [4.78, 5) is 22.4. The molecule has 0 aliphatic carbocycles. The highest BCUT2D eigenvalue weighted by Crippen LogP contribution is 2.26. The molecule has 8 heteroatoms. The van der Waals surface area contributed by atoms with Gasteiger partial charge in [0, 0.05) is 29.7 Å². The lowest BCUT2D eigenvalue weighted by Crippen LogP contribution is -2.13. The molecule has 0 atom stereocenters. The highest BCUT2D eigenvalue weighted by atomic mass is 16.5. The van der Waals surface area contributed by atoms with E-state index in [1.165, 1.54) is 0 Å². The zero-order valence-electron chi connectivity index (χ0n) is 18.6. The van der Waals surface area contributed by atoms with Crippen LogP contribution in [0, 0.1) is 0 Å². The average molecular weight is 454 g/mol. The molecule has 4 heterocycles. The Labute approximate surface area is 196 Å². The second kappa shape index (κ2) is 9.58. The largest absolute Gasteiger partial charge is 0.494 e. The Bertz CT molecular complexity index is 1410. The predicted octanol–water partition coefficient (Wildman–Crippen LogP) is 5.18. The van der Waals surface area contributed by atoms with Crippen molar-refractivity contribution in [1.82, 2.24) is 19.7 Å². The Morgan fingerprint density at radius 2 is 2.06 bits per heavy atom. The molecular formula is C26H23N5O3. The summed E-state index contributed by atoms with van der Waals surface area (Å²) in [5.41, 5.74) is 3.14. The third-order valence-corrected chi connectivity index (χ3v) is 5.26. The number of nitrogens with zero attached hydrogens (tertiary/aromatic N) is 4. The van der Waals surface area contributed by atoms with E-state index in [0.717, 1.165) is 17.7 Å². The van der Waals surface area contributed by atoms with Gasteiger partial charge in [-0.2, -0.15) is 5.10 Å². The smallest absolute Gasteiger partial charge is 0.256 e. The van der Waals surface area contributed by atoms with Gasteiger partial charge in [0.25, 0.3) is 5.91 Å². The summed E-state index contributed by atoms with van der Waals surface area (Å²) < 4.78 is 12.9. The number of hydrogen-bond donors (Lipinski definition) is 1. The highest BCUT2D eigenvalue weighted by Gasteiger charge is 2.18. The molecule has 0 radical (unpaired) electrons. The van der Waals surface area contributed by atoms with E-state index < -0.39 is 0 Å². The topological polar surface area (TPSA) is 95.1 Å². The van der Waals surface area contributed by atoms with Crippen LogP contribution in [0.1, 0.15) is 29.5 Å². The normalized spacial score (nSPS) is 11.0. The van der Waals surface area contributed by atoms with Gasteiger partial charge in [-0.25, -0.2) is 9.67 Å². The third kappa shape index (κ3) is 4.52. The molecule has 170 valence electrons. The third-order valence-electron chi connectivity index (χ3n) is 5.26. The first-order valence-corrected chi connectivity index (χ1v) is 11.0. The van der Waals surface area contributed by atoms with Gasteiger partial charge >= 0.3 is 0 Å². The molecule has 0 bridgehead atoms. The lowest BCUT2D eigenvalue weighted by atomic mass is 10.1. The van der Waals surface area contributed by atoms with Crippen LogP contribution in [0.4, 0.5) is 5.69 Å². The van der Waals surface area contributed by atoms with Crippen molar-refractivity contribution in [3.8, 4) is 17.0 Å². The van der Waals surface area contributed by atoms with E-state index in [1.807, 2.05) is 55.5 Å². The first kappa shape index (κ1) is 21.4. The number of fused-ring (bicyclic) bond motifs is 1. The van der Waals surface area contributed by atoms with Gasteiger partial charge in [0.2, 0.25) is 0 Å². The molecule has 5 aromatic rings. The van der Waals surface area contributed by atoms with Crippen LogP contribution in [0.25, 0.3) is 22.3 Å². The fourth-order valence-corrected chi connectivity index (χ4v) is 3.65. The lowest BCUT2D eigenvalue weighted by molar-refractivity contribution is 0.102. The zero-order chi connectivity index (χ0) is 23.3. The van der Waals surface area contributed by atoms with Gasteiger partial charge in [0.15, 0.2) is 5.65 Å². The molecule has 0 saturated carbocycles. The van der Waals surface area contributed by atoms with Crippen LogP contribution >= 0.6 is 0 Å². The summed E-state index contributed by atoms with van der Waals surface area (Å²) in [7, 11) is 0. The van der Waals surface area contributed by atoms with Crippen molar-refractivity contribution in [3.05, 3.63) is 90.8 Å². The van der Waals surface area contributed by atoms with Gasteiger partial charge in [-0.05, 0) is 48.9 Å². The predicted molar refractivity (Wildman–Crippen MR) is 129 cm³/mol. The molecule has 34 heavy (non-hydrogen) atoms. The summed E-state index contributed by atoms with van der Waals surface area (Å²) in [5, 5.41) is 8.11. The van der Waals surface area contributed by atoms with Gasteiger partial charge in [-0.15, -0.1) is 0 Å². The molecule has 5 rings (SSSR count). The standard InChI is InChI=1S/C26H23N5O3/c1-2-11-33-20-8-3-7-19(13-20)29-26(32)22-14-24(18-6-4-10-27-15-18)30-25-23(22)16-28-31(25)17-21-9-5-12-34-21/h3-10,12-16H,2,11,17H2,1H3,(H,29,32). The van der Waals surface area contributed by atoms with E-state index >= 15 is 0 Å². The number of ether oxygens (including phenoxy) is 1. The summed E-state index contributed by atoms with van der Waals surface area (Å²) in [6.45, 7) is 3.07. The van der Waals surface area contributed by atoms with Crippen LogP contribution in [0.15, 0.2) is 83.9 Å². The lowest BCUT2D eigenvalue weighted by Gasteiger charge is -2.11. The number of carbonyl (C=O) groups excluding carboxylic acids is 1. The van der Waals surface area contributed by atoms with Gasteiger partial charge in [-0.3, -0.25) is 9.78 Å². The maximum atomic E-state index is 13.4. The van der Waals surface area contributed by atoms with E-state index in [9.17, 15) is 4.79 Å². The molecule has 0 saturated heterocycles. The number of furan rings is 1. The van der Waals surface area contributed by atoms with E-state index in [1.54, 1.807) is 35.6 Å². The van der Waals surface area contributed by atoms with Crippen molar-refractivity contribution in [3.63, 3.8) is 0 Å². The molecule has 0 spiro atoms. The fourth-order valence-electron chi connectivity index (χ4n) is 3.65. The van der Waals surface area contributed by atoms with Crippen molar-refractivity contribution < 1.29 is 13.9 Å². The number of amides is 1. The number of nitrogens with one attached hydrogen (secondary N) is 1. The quantitative estimate of drug-likeness (QED) is 0.348. The van der Waals surface area contributed by atoms with E-state index in [0.29, 0.717) is 46.9 Å². The molecule has 0 unspecified atom stereocenters. The maximum absolute atomic E-state index is 13.4. The molecule has 8 nitrogen and oxygen atoms in total. The van der Waals surface area contributed by atoms with Crippen molar-refractivity contribution in [2.75, 3.05) is 11.9 Å². The van der Waals surface area contributed by atoms with Crippen LogP contribution in [-0.2, 0) is 6.54 Å². The van der Waals surface area contributed by atoms with Crippen LogP contribution in [0.5, 0.6) is 5.75 Å².